The Morgan fingerprint density at radius 1 is 1.08 bits per heavy atom. The van der Waals surface area contributed by atoms with E-state index in [-0.39, 0.29) is 5.91 Å². The van der Waals surface area contributed by atoms with Crippen LogP contribution in [-0.4, -0.2) is 47.1 Å². The zero-order chi connectivity index (χ0) is 17.8. The quantitative estimate of drug-likeness (QED) is 0.712. The molecule has 0 fully saturated rings. The number of carbonyl (C=O) groups is 1. The second-order valence-electron chi connectivity index (χ2n) is 5.85. The average Bonchev–Trinajstić information content (AvgIpc) is 3.10. The molecule has 0 N–H and O–H groups in total. The molecule has 0 aliphatic rings. The number of anilines is 1. The van der Waals surface area contributed by atoms with Crippen molar-refractivity contribution in [1.82, 2.24) is 20.0 Å². The molecule has 0 spiro atoms. The highest BCUT2D eigenvalue weighted by molar-refractivity contribution is 5.93. The molecule has 7 nitrogen and oxygen atoms in total. The highest BCUT2D eigenvalue weighted by Crippen LogP contribution is 2.18. The zero-order valence-electron chi connectivity index (χ0n) is 14.4. The number of carbonyl (C=O) groups excluding carboxylic acids is 1. The molecule has 0 unspecified atom stereocenters. The number of nitrogens with zero attached hydrogens (tertiary/aromatic N) is 5. The number of pyridine rings is 2. The molecular formula is C18H19N5O2. The molecule has 25 heavy (non-hydrogen) atoms. The van der Waals surface area contributed by atoms with Gasteiger partial charge in [0.25, 0.3) is 5.91 Å². The summed E-state index contributed by atoms with van der Waals surface area (Å²) < 4.78 is 5.32. The van der Waals surface area contributed by atoms with Crippen LogP contribution in [0, 0.1) is 0 Å². The molecule has 3 aromatic rings. The second-order valence-corrected chi connectivity index (χ2v) is 5.85. The van der Waals surface area contributed by atoms with Crippen LogP contribution in [0.2, 0.25) is 0 Å². The molecule has 3 heterocycles. The maximum atomic E-state index is 12.5. The third-order valence-corrected chi connectivity index (χ3v) is 3.68. The maximum absolute atomic E-state index is 12.5. The van der Waals surface area contributed by atoms with Crippen molar-refractivity contribution in [2.75, 3.05) is 26.0 Å². The van der Waals surface area contributed by atoms with Gasteiger partial charge in [-0.2, -0.15) is 0 Å². The summed E-state index contributed by atoms with van der Waals surface area (Å²) >= 11 is 0. The largest absolute Gasteiger partial charge is 0.363 e. The molecule has 0 aliphatic heterocycles. The Labute approximate surface area is 145 Å². The van der Waals surface area contributed by atoms with Crippen molar-refractivity contribution >= 4 is 11.7 Å². The minimum atomic E-state index is -0.131. The van der Waals surface area contributed by atoms with E-state index in [1.165, 1.54) is 0 Å². The molecule has 1 amide bonds. The van der Waals surface area contributed by atoms with Crippen molar-refractivity contribution in [3.05, 3.63) is 60.1 Å². The summed E-state index contributed by atoms with van der Waals surface area (Å²) in [5, 5.41) is 4.01. The van der Waals surface area contributed by atoms with Crippen LogP contribution in [0.3, 0.4) is 0 Å². The highest BCUT2D eigenvalue weighted by atomic mass is 16.5. The lowest BCUT2D eigenvalue weighted by Crippen LogP contribution is -2.26. The van der Waals surface area contributed by atoms with Crippen LogP contribution >= 0.6 is 0 Å². The van der Waals surface area contributed by atoms with Crippen LogP contribution < -0.4 is 4.90 Å². The van der Waals surface area contributed by atoms with E-state index in [1.54, 1.807) is 36.5 Å². The Bertz CT molecular complexity index is 843. The number of hydrogen-bond donors (Lipinski definition) is 0. The van der Waals surface area contributed by atoms with E-state index in [4.69, 9.17) is 4.52 Å². The van der Waals surface area contributed by atoms with Crippen LogP contribution in [-0.2, 0) is 6.54 Å². The fourth-order valence-electron chi connectivity index (χ4n) is 2.33. The van der Waals surface area contributed by atoms with Gasteiger partial charge in [-0.25, -0.2) is 4.98 Å². The monoisotopic (exact) mass is 337 g/mol. The Balaban J connectivity index is 1.68. The van der Waals surface area contributed by atoms with Gasteiger partial charge in [-0.3, -0.25) is 9.78 Å². The average molecular weight is 337 g/mol. The van der Waals surface area contributed by atoms with E-state index in [2.05, 4.69) is 15.1 Å². The van der Waals surface area contributed by atoms with Gasteiger partial charge in [0.1, 0.15) is 11.5 Å². The summed E-state index contributed by atoms with van der Waals surface area (Å²) in [7, 11) is 5.52. The summed E-state index contributed by atoms with van der Waals surface area (Å²) in [5.41, 5.74) is 1.90. The van der Waals surface area contributed by atoms with E-state index in [0.29, 0.717) is 23.6 Å². The van der Waals surface area contributed by atoms with Gasteiger partial charge < -0.3 is 14.3 Å². The Morgan fingerprint density at radius 3 is 2.56 bits per heavy atom. The molecule has 0 saturated carbocycles. The van der Waals surface area contributed by atoms with E-state index < -0.39 is 0 Å². The lowest BCUT2D eigenvalue weighted by molar-refractivity contribution is 0.0772. The topological polar surface area (TPSA) is 75.4 Å². The predicted octanol–water partition coefficient (Wildman–Crippen LogP) is 2.47. The van der Waals surface area contributed by atoms with Crippen LogP contribution in [0.25, 0.3) is 11.4 Å². The van der Waals surface area contributed by atoms with Gasteiger partial charge in [0.15, 0.2) is 5.76 Å². The van der Waals surface area contributed by atoms with Crippen LogP contribution in [0.15, 0.2) is 53.3 Å². The number of amides is 1. The SMILES string of the molecule is CN(Cc1cc(-c2ccccn2)no1)C(=O)c1ccc(N(C)C)nc1. The summed E-state index contributed by atoms with van der Waals surface area (Å²) in [6.07, 6.45) is 3.28. The predicted molar refractivity (Wildman–Crippen MR) is 94.1 cm³/mol. The van der Waals surface area contributed by atoms with Crippen molar-refractivity contribution in [2.24, 2.45) is 0 Å². The smallest absolute Gasteiger partial charge is 0.255 e. The van der Waals surface area contributed by atoms with Gasteiger partial charge >= 0.3 is 0 Å². The van der Waals surface area contributed by atoms with Crippen molar-refractivity contribution in [2.45, 2.75) is 6.54 Å². The first kappa shape index (κ1) is 16.6. The van der Waals surface area contributed by atoms with Gasteiger partial charge in [0, 0.05) is 39.6 Å². The second kappa shape index (κ2) is 7.12. The van der Waals surface area contributed by atoms with Crippen LogP contribution in [0.5, 0.6) is 0 Å². The van der Waals surface area contributed by atoms with Crippen molar-refractivity contribution < 1.29 is 9.32 Å². The first-order valence-corrected chi connectivity index (χ1v) is 7.80. The summed E-state index contributed by atoms with van der Waals surface area (Å²) in [5.74, 6) is 1.26. The van der Waals surface area contributed by atoms with E-state index >= 15 is 0 Å². The standard InChI is InChI=1S/C18H19N5O2/c1-22(2)17-8-7-13(11-20-17)18(24)23(3)12-14-10-16(21-25-14)15-6-4-5-9-19-15/h4-11H,12H2,1-3H3. The van der Waals surface area contributed by atoms with Crippen molar-refractivity contribution in [3.63, 3.8) is 0 Å². The zero-order valence-corrected chi connectivity index (χ0v) is 14.4. The molecule has 3 rings (SSSR count). The summed E-state index contributed by atoms with van der Waals surface area (Å²) in [4.78, 5) is 24.4. The fraction of sp³-hybridized carbons (Fsp3) is 0.222. The van der Waals surface area contributed by atoms with Gasteiger partial charge in [-0.1, -0.05) is 11.2 Å². The molecule has 0 saturated heterocycles. The van der Waals surface area contributed by atoms with Crippen LogP contribution in [0.1, 0.15) is 16.1 Å². The first-order valence-electron chi connectivity index (χ1n) is 7.80. The lowest BCUT2D eigenvalue weighted by Gasteiger charge is -2.16. The summed E-state index contributed by atoms with van der Waals surface area (Å²) in [6, 6.07) is 11.0. The number of rotatable bonds is 5. The third-order valence-electron chi connectivity index (χ3n) is 3.68. The molecule has 128 valence electrons. The van der Waals surface area contributed by atoms with Gasteiger partial charge in [0.2, 0.25) is 0 Å². The highest BCUT2D eigenvalue weighted by Gasteiger charge is 2.16. The minimum Gasteiger partial charge on any atom is -0.363 e. The normalized spacial score (nSPS) is 10.5. The molecular weight excluding hydrogens is 318 g/mol. The Hall–Kier alpha value is -3.22. The Morgan fingerprint density at radius 2 is 1.92 bits per heavy atom. The molecule has 0 aromatic carbocycles. The fourth-order valence-corrected chi connectivity index (χ4v) is 2.33. The lowest BCUT2D eigenvalue weighted by atomic mass is 10.2. The summed E-state index contributed by atoms with van der Waals surface area (Å²) in [6.45, 7) is 0.314. The third kappa shape index (κ3) is 3.82. The van der Waals surface area contributed by atoms with E-state index in [9.17, 15) is 4.79 Å². The van der Waals surface area contributed by atoms with E-state index in [0.717, 1.165) is 11.5 Å². The van der Waals surface area contributed by atoms with Gasteiger partial charge in [0.05, 0.1) is 17.8 Å². The number of aromatic nitrogens is 3. The molecule has 0 radical (unpaired) electrons. The molecule has 3 aromatic heterocycles. The molecule has 0 aliphatic carbocycles. The first-order chi connectivity index (χ1) is 12.0. The number of hydrogen-bond acceptors (Lipinski definition) is 6. The van der Waals surface area contributed by atoms with E-state index in [1.807, 2.05) is 43.3 Å². The van der Waals surface area contributed by atoms with Crippen molar-refractivity contribution in [1.29, 1.82) is 0 Å². The van der Waals surface area contributed by atoms with Gasteiger partial charge in [-0.05, 0) is 24.3 Å². The molecule has 0 atom stereocenters. The van der Waals surface area contributed by atoms with Crippen molar-refractivity contribution in [3.8, 4) is 11.4 Å². The maximum Gasteiger partial charge on any atom is 0.255 e. The minimum absolute atomic E-state index is 0.131. The van der Waals surface area contributed by atoms with Gasteiger partial charge in [-0.15, -0.1) is 0 Å². The molecule has 0 bridgehead atoms. The Kier molecular flexibility index (Phi) is 4.74. The van der Waals surface area contributed by atoms with Crippen LogP contribution in [0.4, 0.5) is 5.82 Å². The molecule has 7 heteroatoms.